The molecule has 0 spiro atoms. The summed E-state index contributed by atoms with van der Waals surface area (Å²) >= 11 is 1.17. The van der Waals surface area contributed by atoms with Gasteiger partial charge in [0.2, 0.25) is 0 Å². The Balaban J connectivity index is 3.10. The van der Waals surface area contributed by atoms with Crippen molar-refractivity contribution in [1.29, 1.82) is 0 Å². The summed E-state index contributed by atoms with van der Waals surface area (Å²) in [6, 6.07) is 2.50. The number of nitro benzene ring substituents is 1. The van der Waals surface area contributed by atoms with Crippen molar-refractivity contribution in [2.75, 3.05) is 12.9 Å². The third-order valence-corrected chi connectivity index (χ3v) is 3.58. The van der Waals surface area contributed by atoms with Gasteiger partial charge in [0.1, 0.15) is 0 Å². The van der Waals surface area contributed by atoms with E-state index >= 15 is 0 Å². The molecule has 0 atom stereocenters. The van der Waals surface area contributed by atoms with Crippen molar-refractivity contribution in [2.24, 2.45) is 0 Å². The van der Waals surface area contributed by atoms with Gasteiger partial charge in [-0.15, -0.1) is 0 Å². The Kier molecular flexibility index (Phi) is 6.60. The van der Waals surface area contributed by atoms with Crippen LogP contribution in [0.5, 0.6) is 0 Å². The maximum atomic E-state index is 11.7. The van der Waals surface area contributed by atoms with Crippen LogP contribution in [0, 0.1) is 28.9 Å². The van der Waals surface area contributed by atoms with Crippen LogP contribution in [0.2, 0.25) is 0 Å². The molecule has 22 heavy (non-hydrogen) atoms. The molecule has 0 amide bonds. The van der Waals surface area contributed by atoms with Crippen LogP contribution in [0.3, 0.4) is 0 Å². The molecule has 0 heterocycles. The lowest BCUT2D eigenvalue weighted by Gasteiger charge is -2.06. The van der Waals surface area contributed by atoms with Gasteiger partial charge in [0, 0.05) is 36.8 Å². The summed E-state index contributed by atoms with van der Waals surface area (Å²) in [5, 5.41) is 11.0. The fraction of sp³-hybridized carbons (Fsp3) is 0.333. The number of nitrogens with zero attached hydrogens (tertiary/aromatic N) is 1. The number of thioether (sulfide) groups is 1. The second-order valence-electron chi connectivity index (χ2n) is 4.31. The Morgan fingerprint density at radius 1 is 1.41 bits per heavy atom. The summed E-state index contributed by atoms with van der Waals surface area (Å²) in [7, 11) is 1.21. The summed E-state index contributed by atoms with van der Waals surface area (Å²) in [6.45, 7) is 3.13. The van der Waals surface area contributed by atoms with Crippen LogP contribution in [0.4, 0.5) is 5.69 Å². The highest BCUT2D eigenvalue weighted by molar-refractivity contribution is 8.13. The second kappa shape index (κ2) is 8.20. The van der Waals surface area contributed by atoms with E-state index in [0.717, 1.165) is 0 Å². The van der Waals surface area contributed by atoms with Gasteiger partial charge in [-0.2, -0.15) is 0 Å². The van der Waals surface area contributed by atoms with Crippen LogP contribution in [0.1, 0.15) is 34.8 Å². The minimum Gasteiger partial charge on any atom is -0.465 e. The molecule has 0 fully saturated rings. The second-order valence-corrected chi connectivity index (χ2v) is 5.58. The number of carbonyl (C=O) groups is 2. The molecular weight excluding hydrogens is 306 g/mol. The fourth-order valence-electron chi connectivity index (χ4n) is 1.66. The molecule has 0 saturated heterocycles. The summed E-state index contributed by atoms with van der Waals surface area (Å²) in [5.41, 5.74) is 0.846. The summed E-state index contributed by atoms with van der Waals surface area (Å²) in [6.07, 6.45) is 0.472. The average molecular weight is 321 g/mol. The zero-order valence-electron chi connectivity index (χ0n) is 12.5. The van der Waals surface area contributed by atoms with Gasteiger partial charge in [-0.05, 0) is 12.5 Å². The van der Waals surface area contributed by atoms with E-state index < -0.39 is 10.9 Å². The van der Waals surface area contributed by atoms with Crippen molar-refractivity contribution in [3.8, 4) is 11.8 Å². The molecule has 0 aliphatic heterocycles. The molecule has 1 aromatic rings. The number of carbonyl (C=O) groups excluding carboxylic acids is 2. The smallest absolute Gasteiger partial charge is 0.338 e. The first-order valence-corrected chi connectivity index (χ1v) is 7.35. The Hall–Kier alpha value is -2.33. The standard InChI is InChI=1S/C15H15NO5S/c1-10-12(6-4-5-7-22-11(2)17)8-13(16(19)20)9-14(10)15(18)21-3/h8-9H,5,7H2,1-3H3. The number of rotatable bonds is 4. The molecule has 7 heteroatoms. The molecule has 0 bridgehead atoms. The van der Waals surface area contributed by atoms with Crippen LogP contribution in [0.15, 0.2) is 12.1 Å². The van der Waals surface area contributed by atoms with Gasteiger partial charge in [0.25, 0.3) is 5.69 Å². The average Bonchev–Trinajstić information content (AvgIpc) is 2.47. The Morgan fingerprint density at radius 2 is 2.09 bits per heavy atom. The lowest BCUT2D eigenvalue weighted by molar-refractivity contribution is -0.384. The fourth-order valence-corrected chi connectivity index (χ4v) is 2.15. The molecular formula is C15H15NO5S. The van der Waals surface area contributed by atoms with Crippen molar-refractivity contribution < 1.29 is 19.2 Å². The number of hydrogen-bond acceptors (Lipinski definition) is 6. The highest BCUT2D eigenvalue weighted by Gasteiger charge is 2.18. The van der Waals surface area contributed by atoms with Gasteiger partial charge < -0.3 is 4.74 Å². The van der Waals surface area contributed by atoms with Crippen LogP contribution in [-0.4, -0.2) is 28.9 Å². The topological polar surface area (TPSA) is 86.5 Å². The molecule has 1 aromatic carbocycles. The quantitative estimate of drug-likeness (QED) is 0.279. The van der Waals surface area contributed by atoms with E-state index in [1.54, 1.807) is 6.92 Å². The molecule has 0 unspecified atom stereocenters. The van der Waals surface area contributed by atoms with Crippen LogP contribution < -0.4 is 0 Å². The zero-order valence-corrected chi connectivity index (χ0v) is 13.3. The Bertz CT molecular complexity index is 672. The highest BCUT2D eigenvalue weighted by atomic mass is 32.2. The zero-order chi connectivity index (χ0) is 16.7. The largest absolute Gasteiger partial charge is 0.465 e. The first kappa shape index (κ1) is 17.7. The van der Waals surface area contributed by atoms with E-state index in [0.29, 0.717) is 23.3 Å². The first-order valence-electron chi connectivity index (χ1n) is 6.36. The number of hydrogen-bond donors (Lipinski definition) is 0. The van der Waals surface area contributed by atoms with Crippen LogP contribution in [0.25, 0.3) is 0 Å². The predicted octanol–water partition coefficient (Wildman–Crippen LogP) is 2.71. The van der Waals surface area contributed by atoms with Crippen molar-refractivity contribution >= 4 is 28.5 Å². The molecule has 0 aromatic heterocycles. The van der Waals surface area contributed by atoms with E-state index in [4.69, 9.17) is 0 Å². The first-order chi connectivity index (χ1) is 10.4. The summed E-state index contributed by atoms with van der Waals surface area (Å²) in [4.78, 5) is 32.8. The van der Waals surface area contributed by atoms with Crippen molar-refractivity contribution in [1.82, 2.24) is 0 Å². The van der Waals surface area contributed by atoms with Crippen molar-refractivity contribution in [3.63, 3.8) is 0 Å². The normalized spacial score (nSPS) is 9.59. The monoisotopic (exact) mass is 321 g/mol. The van der Waals surface area contributed by atoms with Gasteiger partial charge in [-0.3, -0.25) is 14.9 Å². The molecule has 1 rings (SSSR count). The lowest BCUT2D eigenvalue weighted by Crippen LogP contribution is -2.06. The SMILES string of the molecule is COC(=O)c1cc([N+](=O)[O-])cc(C#CCCSC(C)=O)c1C. The summed E-state index contributed by atoms with van der Waals surface area (Å²) in [5.74, 6) is 5.58. The minimum atomic E-state index is -0.642. The van der Waals surface area contributed by atoms with Gasteiger partial charge in [-0.1, -0.05) is 23.6 Å². The van der Waals surface area contributed by atoms with Gasteiger partial charge in [0.15, 0.2) is 5.12 Å². The Morgan fingerprint density at radius 3 is 2.64 bits per heavy atom. The molecule has 6 nitrogen and oxygen atoms in total. The number of non-ortho nitro benzene ring substituents is 1. The van der Waals surface area contributed by atoms with Crippen molar-refractivity contribution in [2.45, 2.75) is 20.3 Å². The maximum Gasteiger partial charge on any atom is 0.338 e. The molecule has 0 N–H and O–H groups in total. The van der Waals surface area contributed by atoms with Crippen LogP contribution >= 0.6 is 11.8 Å². The van der Waals surface area contributed by atoms with E-state index in [9.17, 15) is 19.7 Å². The van der Waals surface area contributed by atoms with Gasteiger partial charge in [0.05, 0.1) is 17.6 Å². The third kappa shape index (κ3) is 4.90. The number of nitro groups is 1. The molecule has 0 aliphatic carbocycles. The van der Waals surface area contributed by atoms with Crippen molar-refractivity contribution in [3.05, 3.63) is 38.9 Å². The van der Waals surface area contributed by atoms with E-state index in [-0.39, 0.29) is 16.4 Å². The molecule has 116 valence electrons. The lowest BCUT2D eigenvalue weighted by atomic mass is 10.0. The maximum absolute atomic E-state index is 11.7. The predicted molar refractivity (Wildman–Crippen MR) is 83.8 cm³/mol. The van der Waals surface area contributed by atoms with E-state index in [1.165, 1.54) is 37.9 Å². The van der Waals surface area contributed by atoms with Crippen LogP contribution in [-0.2, 0) is 9.53 Å². The molecule has 0 aliphatic rings. The molecule has 0 radical (unpaired) electrons. The van der Waals surface area contributed by atoms with Gasteiger partial charge in [-0.25, -0.2) is 4.79 Å². The number of methoxy groups -OCH3 is 1. The highest BCUT2D eigenvalue weighted by Crippen LogP contribution is 2.22. The van der Waals surface area contributed by atoms with E-state index in [1.807, 2.05) is 0 Å². The van der Waals surface area contributed by atoms with E-state index in [2.05, 4.69) is 16.6 Å². The molecule has 0 saturated carbocycles. The minimum absolute atomic E-state index is 0.0151. The third-order valence-electron chi connectivity index (χ3n) is 2.76. The number of ether oxygens (including phenoxy) is 1. The number of esters is 1. The Labute approximate surface area is 132 Å². The summed E-state index contributed by atoms with van der Waals surface area (Å²) < 4.78 is 4.63. The van der Waals surface area contributed by atoms with Gasteiger partial charge >= 0.3 is 5.97 Å². The number of benzene rings is 1.